The molecule has 1 fully saturated rings. The van der Waals surface area contributed by atoms with Crippen molar-refractivity contribution in [3.63, 3.8) is 0 Å². The molecule has 0 spiro atoms. The topological polar surface area (TPSA) is 113 Å². The Morgan fingerprint density at radius 3 is 2.90 bits per heavy atom. The average molecular weight is 391 g/mol. The van der Waals surface area contributed by atoms with E-state index in [0.717, 1.165) is 24.5 Å². The first-order chi connectivity index (χ1) is 14.0. The van der Waals surface area contributed by atoms with Crippen molar-refractivity contribution in [3.8, 4) is 17.6 Å². The first kappa shape index (κ1) is 18.7. The molecule has 0 saturated carbocycles. The summed E-state index contributed by atoms with van der Waals surface area (Å²) in [4.78, 5) is 27.0. The lowest BCUT2D eigenvalue weighted by Crippen LogP contribution is -2.26. The van der Waals surface area contributed by atoms with E-state index in [1.165, 1.54) is 11.0 Å². The van der Waals surface area contributed by atoms with Crippen LogP contribution in [0.25, 0.3) is 5.82 Å². The van der Waals surface area contributed by atoms with Crippen LogP contribution in [0.3, 0.4) is 0 Å². The maximum absolute atomic E-state index is 12.3. The summed E-state index contributed by atoms with van der Waals surface area (Å²) < 4.78 is 7.41. The highest BCUT2D eigenvalue weighted by molar-refractivity contribution is 5.45. The maximum Gasteiger partial charge on any atom is 0.272 e. The zero-order chi connectivity index (χ0) is 20.4. The molecule has 1 saturated heterocycles. The molecule has 1 atom stereocenters. The van der Waals surface area contributed by atoms with Crippen LogP contribution in [0.1, 0.15) is 37.4 Å². The van der Waals surface area contributed by atoms with Gasteiger partial charge in [0, 0.05) is 37.0 Å². The van der Waals surface area contributed by atoms with Crippen LogP contribution in [0.4, 0.5) is 5.82 Å². The summed E-state index contributed by atoms with van der Waals surface area (Å²) in [5, 5.41) is 12.3. The Morgan fingerprint density at radius 1 is 1.31 bits per heavy atom. The second kappa shape index (κ2) is 7.75. The molecule has 1 unspecified atom stereocenters. The lowest BCUT2D eigenvalue weighted by atomic mass is 10.1. The number of hydrogen-bond donors (Lipinski definition) is 1. The van der Waals surface area contributed by atoms with Crippen LogP contribution in [-0.2, 0) is 0 Å². The summed E-state index contributed by atoms with van der Waals surface area (Å²) in [5.74, 6) is 1.92. The lowest BCUT2D eigenvalue weighted by molar-refractivity contribution is 0.223. The van der Waals surface area contributed by atoms with E-state index in [2.05, 4.69) is 31.0 Å². The minimum absolute atomic E-state index is 0.0783. The van der Waals surface area contributed by atoms with Gasteiger partial charge in [-0.05, 0) is 12.0 Å². The summed E-state index contributed by atoms with van der Waals surface area (Å²) in [6, 6.07) is 7.13. The smallest absolute Gasteiger partial charge is 0.272 e. The number of pyridine rings is 1. The zero-order valence-corrected chi connectivity index (χ0v) is 16.2. The zero-order valence-electron chi connectivity index (χ0n) is 16.2. The predicted octanol–water partition coefficient (Wildman–Crippen LogP) is 2.00. The average Bonchev–Trinajstić information content (AvgIpc) is 3.35. The van der Waals surface area contributed by atoms with Crippen molar-refractivity contribution in [2.45, 2.75) is 32.3 Å². The van der Waals surface area contributed by atoms with E-state index in [1.807, 2.05) is 13.8 Å². The lowest BCUT2D eigenvalue weighted by Gasteiger charge is -2.18. The Bertz CT molecular complexity index is 1110. The number of nitrogens with zero attached hydrogens (tertiary/aromatic N) is 6. The number of ether oxygens (including phenoxy) is 1. The van der Waals surface area contributed by atoms with Crippen LogP contribution in [0, 0.1) is 11.3 Å². The van der Waals surface area contributed by atoms with Crippen LogP contribution in [0.2, 0.25) is 0 Å². The van der Waals surface area contributed by atoms with Gasteiger partial charge in [0.2, 0.25) is 0 Å². The predicted molar refractivity (Wildman–Crippen MR) is 106 cm³/mol. The molecule has 0 aliphatic carbocycles. The monoisotopic (exact) mass is 391 g/mol. The number of rotatable bonds is 5. The number of hydrogen-bond acceptors (Lipinski definition) is 7. The Balaban J connectivity index is 1.51. The highest BCUT2D eigenvalue weighted by atomic mass is 16.5. The number of nitriles is 1. The van der Waals surface area contributed by atoms with Crippen molar-refractivity contribution in [2.24, 2.45) is 0 Å². The molecule has 0 amide bonds. The number of nitrogens with one attached hydrogen (secondary N) is 1. The van der Waals surface area contributed by atoms with E-state index in [0.29, 0.717) is 23.7 Å². The fourth-order valence-corrected chi connectivity index (χ4v) is 3.29. The molecule has 1 aliphatic heterocycles. The molecular weight excluding hydrogens is 370 g/mol. The summed E-state index contributed by atoms with van der Waals surface area (Å²) in [7, 11) is 0. The molecule has 4 rings (SSSR count). The van der Waals surface area contributed by atoms with Crippen molar-refractivity contribution in [2.75, 3.05) is 18.0 Å². The third-order valence-corrected chi connectivity index (χ3v) is 4.90. The quantitative estimate of drug-likeness (QED) is 0.708. The van der Waals surface area contributed by atoms with Crippen LogP contribution in [0.5, 0.6) is 5.75 Å². The van der Waals surface area contributed by atoms with Gasteiger partial charge in [0.1, 0.15) is 24.3 Å². The Kier molecular flexibility index (Phi) is 4.99. The molecule has 9 heteroatoms. The molecule has 4 heterocycles. The van der Waals surface area contributed by atoms with E-state index in [-0.39, 0.29) is 17.6 Å². The molecule has 0 radical (unpaired) electrons. The first-order valence-electron chi connectivity index (χ1n) is 9.45. The molecule has 1 aliphatic rings. The molecule has 3 aromatic rings. The first-order valence-corrected chi connectivity index (χ1v) is 9.45. The summed E-state index contributed by atoms with van der Waals surface area (Å²) >= 11 is 0. The minimum atomic E-state index is -0.151. The Hall–Kier alpha value is -3.67. The van der Waals surface area contributed by atoms with Crippen molar-refractivity contribution in [1.29, 1.82) is 5.26 Å². The van der Waals surface area contributed by atoms with Crippen LogP contribution < -0.4 is 15.2 Å². The fraction of sp³-hybridized carbons (Fsp3) is 0.350. The van der Waals surface area contributed by atoms with E-state index in [4.69, 9.17) is 4.74 Å². The van der Waals surface area contributed by atoms with Crippen molar-refractivity contribution >= 4 is 5.82 Å². The van der Waals surface area contributed by atoms with Gasteiger partial charge >= 0.3 is 0 Å². The second-order valence-corrected chi connectivity index (χ2v) is 7.23. The third kappa shape index (κ3) is 3.82. The largest absolute Gasteiger partial charge is 0.485 e. The molecule has 0 aromatic carbocycles. The third-order valence-electron chi connectivity index (χ3n) is 4.90. The molecule has 0 bridgehead atoms. The SMILES string of the molecule is CC(C)c1cc(=O)n(-c2cc(N3CCC(Oc4cnccc4C#N)C3)ncn2)[nH]1. The standard InChI is InChI=1S/C20H21N7O2/c1-13(2)16-7-20(28)27(25-16)19-8-18(23-12-24-19)26-6-4-15(11-26)29-17-10-22-5-3-14(17)9-21/h3,5,7-8,10,12-13,15,25H,4,6,11H2,1-2H3. The van der Waals surface area contributed by atoms with Crippen molar-refractivity contribution < 1.29 is 4.74 Å². The van der Waals surface area contributed by atoms with Gasteiger partial charge in [-0.2, -0.15) is 5.26 Å². The van der Waals surface area contributed by atoms with Crippen molar-refractivity contribution in [3.05, 3.63) is 58.5 Å². The van der Waals surface area contributed by atoms with E-state index in [1.54, 1.807) is 30.6 Å². The number of H-pyrrole nitrogens is 1. The number of aromatic amines is 1. The summed E-state index contributed by atoms with van der Waals surface area (Å²) in [6.07, 6.45) is 5.30. The fourth-order valence-electron chi connectivity index (χ4n) is 3.29. The van der Waals surface area contributed by atoms with Gasteiger partial charge in [0.25, 0.3) is 5.56 Å². The van der Waals surface area contributed by atoms with Gasteiger partial charge < -0.3 is 9.64 Å². The highest BCUT2D eigenvalue weighted by Gasteiger charge is 2.26. The Labute approximate surface area is 167 Å². The normalized spacial score (nSPS) is 16.2. The van der Waals surface area contributed by atoms with Crippen LogP contribution in [-0.4, -0.2) is 43.9 Å². The van der Waals surface area contributed by atoms with Crippen molar-refractivity contribution in [1.82, 2.24) is 24.7 Å². The van der Waals surface area contributed by atoms with Crippen LogP contribution in [0.15, 0.2) is 41.7 Å². The molecule has 3 aromatic heterocycles. The highest BCUT2D eigenvalue weighted by Crippen LogP contribution is 2.24. The van der Waals surface area contributed by atoms with Gasteiger partial charge in [-0.3, -0.25) is 14.9 Å². The van der Waals surface area contributed by atoms with Crippen LogP contribution >= 0.6 is 0 Å². The van der Waals surface area contributed by atoms with Gasteiger partial charge in [-0.25, -0.2) is 14.6 Å². The molecular formula is C20H21N7O2. The van der Waals surface area contributed by atoms with Gasteiger partial charge in [-0.1, -0.05) is 13.8 Å². The molecule has 9 nitrogen and oxygen atoms in total. The Morgan fingerprint density at radius 2 is 2.14 bits per heavy atom. The van der Waals surface area contributed by atoms with Gasteiger partial charge in [-0.15, -0.1) is 0 Å². The number of aromatic nitrogens is 5. The minimum Gasteiger partial charge on any atom is -0.485 e. The van der Waals surface area contributed by atoms with Gasteiger partial charge in [0.15, 0.2) is 11.6 Å². The molecule has 1 N–H and O–H groups in total. The van der Waals surface area contributed by atoms with E-state index >= 15 is 0 Å². The summed E-state index contributed by atoms with van der Waals surface area (Å²) in [6.45, 7) is 5.41. The van der Waals surface area contributed by atoms with Gasteiger partial charge in [0.05, 0.1) is 18.3 Å². The van der Waals surface area contributed by atoms with E-state index in [9.17, 15) is 10.1 Å². The summed E-state index contributed by atoms with van der Waals surface area (Å²) in [5.41, 5.74) is 1.17. The maximum atomic E-state index is 12.3. The molecule has 148 valence electrons. The number of anilines is 1. The second-order valence-electron chi connectivity index (χ2n) is 7.23. The molecule has 29 heavy (non-hydrogen) atoms. The van der Waals surface area contributed by atoms with E-state index < -0.39 is 0 Å².